The standard InChI is InChI=1S/C14H20F2N2S/c1-17-6-8-18(9-7-17)5-2-10-19-14-11-12(15)3-4-13(14)16/h3-4,11H,2,5-10H2,1H3. The van der Waals surface area contributed by atoms with Crippen molar-refractivity contribution in [1.82, 2.24) is 9.80 Å². The third-order valence-corrected chi connectivity index (χ3v) is 4.48. The van der Waals surface area contributed by atoms with Crippen molar-refractivity contribution in [2.75, 3.05) is 45.5 Å². The van der Waals surface area contributed by atoms with Crippen LogP contribution in [0.5, 0.6) is 0 Å². The van der Waals surface area contributed by atoms with Gasteiger partial charge in [0.15, 0.2) is 0 Å². The van der Waals surface area contributed by atoms with Crippen molar-refractivity contribution in [2.24, 2.45) is 0 Å². The Labute approximate surface area is 117 Å². The summed E-state index contributed by atoms with van der Waals surface area (Å²) in [4.78, 5) is 5.17. The zero-order valence-electron chi connectivity index (χ0n) is 11.2. The molecule has 19 heavy (non-hydrogen) atoms. The predicted octanol–water partition coefficient (Wildman–Crippen LogP) is 2.69. The van der Waals surface area contributed by atoms with E-state index in [-0.39, 0.29) is 11.6 Å². The zero-order chi connectivity index (χ0) is 13.7. The van der Waals surface area contributed by atoms with E-state index in [1.54, 1.807) is 0 Å². The molecule has 2 rings (SSSR count). The molecule has 5 heteroatoms. The van der Waals surface area contributed by atoms with Crippen molar-refractivity contribution < 1.29 is 8.78 Å². The second-order valence-corrected chi connectivity index (χ2v) is 6.06. The third kappa shape index (κ3) is 4.75. The number of hydrogen-bond acceptors (Lipinski definition) is 3. The second-order valence-electron chi connectivity index (χ2n) is 4.92. The van der Waals surface area contributed by atoms with Gasteiger partial charge in [-0.05, 0) is 44.0 Å². The van der Waals surface area contributed by atoms with Gasteiger partial charge in [-0.3, -0.25) is 0 Å². The SMILES string of the molecule is CN1CCN(CCCSc2cc(F)ccc2F)CC1. The van der Waals surface area contributed by atoms with E-state index in [0.717, 1.165) is 51.0 Å². The van der Waals surface area contributed by atoms with Gasteiger partial charge in [0.2, 0.25) is 0 Å². The van der Waals surface area contributed by atoms with Crippen LogP contribution in [0.4, 0.5) is 8.78 Å². The molecular weight excluding hydrogens is 266 g/mol. The molecule has 106 valence electrons. The first-order valence-electron chi connectivity index (χ1n) is 6.64. The normalized spacial score (nSPS) is 17.8. The Bertz CT molecular complexity index is 406. The highest BCUT2D eigenvalue weighted by Crippen LogP contribution is 2.23. The number of hydrogen-bond donors (Lipinski definition) is 0. The molecule has 0 aliphatic carbocycles. The predicted molar refractivity (Wildman–Crippen MR) is 75.6 cm³/mol. The minimum absolute atomic E-state index is 0.328. The first-order chi connectivity index (χ1) is 9.15. The van der Waals surface area contributed by atoms with Gasteiger partial charge in [-0.25, -0.2) is 8.78 Å². The van der Waals surface area contributed by atoms with Crippen LogP contribution in [-0.2, 0) is 0 Å². The van der Waals surface area contributed by atoms with Crippen LogP contribution in [0.25, 0.3) is 0 Å². The lowest BCUT2D eigenvalue weighted by Crippen LogP contribution is -2.44. The zero-order valence-corrected chi connectivity index (χ0v) is 12.1. The molecule has 0 bridgehead atoms. The van der Waals surface area contributed by atoms with Crippen LogP contribution in [0.3, 0.4) is 0 Å². The summed E-state index contributed by atoms with van der Waals surface area (Å²) in [6.45, 7) is 5.49. The number of thioether (sulfide) groups is 1. The van der Waals surface area contributed by atoms with Gasteiger partial charge in [0.05, 0.1) is 0 Å². The molecule has 1 aromatic rings. The van der Waals surface area contributed by atoms with Gasteiger partial charge in [-0.2, -0.15) is 0 Å². The number of rotatable bonds is 5. The minimum Gasteiger partial charge on any atom is -0.304 e. The van der Waals surface area contributed by atoms with Crippen molar-refractivity contribution >= 4 is 11.8 Å². The highest BCUT2D eigenvalue weighted by molar-refractivity contribution is 7.99. The molecule has 1 fully saturated rings. The molecule has 0 spiro atoms. The van der Waals surface area contributed by atoms with E-state index in [1.165, 1.54) is 23.9 Å². The summed E-state index contributed by atoms with van der Waals surface area (Å²) < 4.78 is 26.4. The van der Waals surface area contributed by atoms with E-state index in [9.17, 15) is 8.78 Å². The number of benzene rings is 1. The van der Waals surface area contributed by atoms with E-state index in [4.69, 9.17) is 0 Å². The van der Waals surface area contributed by atoms with E-state index >= 15 is 0 Å². The Kier molecular flexibility index (Phi) is 5.60. The van der Waals surface area contributed by atoms with Gasteiger partial charge in [-0.15, -0.1) is 11.8 Å². The first kappa shape index (κ1) is 14.8. The average Bonchev–Trinajstić information content (AvgIpc) is 2.40. The summed E-state index contributed by atoms with van der Waals surface area (Å²) in [5, 5.41) is 0. The Morgan fingerprint density at radius 2 is 1.89 bits per heavy atom. The molecule has 1 aliphatic rings. The van der Waals surface area contributed by atoms with Crippen LogP contribution in [0.2, 0.25) is 0 Å². The Balaban J connectivity index is 1.68. The summed E-state index contributed by atoms with van der Waals surface area (Å²) >= 11 is 1.40. The van der Waals surface area contributed by atoms with Crippen LogP contribution < -0.4 is 0 Å². The Morgan fingerprint density at radius 3 is 2.63 bits per heavy atom. The lowest BCUT2D eigenvalue weighted by molar-refractivity contribution is 0.154. The summed E-state index contributed by atoms with van der Waals surface area (Å²) in [5.74, 6) is 0.126. The van der Waals surface area contributed by atoms with Crippen LogP contribution in [0.15, 0.2) is 23.1 Å². The van der Waals surface area contributed by atoms with Gasteiger partial charge in [-0.1, -0.05) is 0 Å². The molecule has 0 unspecified atom stereocenters. The van der Waals surface area contributed by atoms with Crippen LogP contribution in [0.1, 0.15) is 6.42 Å². The summed E-state index contributed by atoms with van der Waals surface area (Å²) in [5.41, 5.74) is 0. The minimum atomic E-state index is -0.372. The molecule has 1 saturated heterocycles. The second kappa shape index (κ2) is 7.22. The number of likely N-dealkylation sites (N-methyl/N-ethyl adjacent to an activating group) is 1. The lowest BCUT2D eigenvalue weighted by atomic mass is 10.3. The Hall–Kier alpha value is -0.650. The molecule has 1 heterocycles. The van der Waals surface area contributed by atoms with Crippen molar-refractivity contribution in [3.63, 3.8) is 0 Å². The summed E-state index contributed by atoms with van der Waals surface area (Å²) in [6, 6.07) is 3.62. The van der Waals surface area contributed by atoms with E-state index < -0.39 is 0 Å². The molecule has 0 radical (unpaired) electrons. The van der Waals surface area contributed by atoms with Gasteiger partial charge < -0.3 is 9.80 Å². The molecule has 2 nitrogen and oxygen atoms in total. The van der Waals surface area contributed by atoms with Gasteiger partial charge >= 0.3 is 0 Å². The third-order valence-electron chi connectivity index (χ3n) is 3.37. The number of nitrogens with zero attached hydrogens (tertiary/aromatic N) is 2. The largest absolute Gasteiger partial charge is 0.304 e. The molecule has 0 amide bonds. The van der Waals surface area contributed by atoms with Gasteiger partial charge in [0, 0.05) is 31.1 Å². The monoisotopic (exact) mass is 286 g/mol. The molecule has 1 aliphatic heterocycles. The maximum Gasteiger partial charge on any atom is 0.136 e. The molecule has 0 atom stereocenters. The van der Waals surface area contributed by atoms with Crippen LogP contribution in [-0.4, -0.2) is 55.3 Å². The lowest BCUT2D eigenvalue weighted by Gasteiger charge is -2.32. The molecule has 0 saturated carbocycles. The van der Waals surface area contributed by atoms with E-state index in [2.05, 4.69) is 16.8 Å². The quantitative estimate of drug-likeness (QED) is 0.607. The molecule has 1 aromatic carbocycles. The molecular formula is C14H20F2N2S. The van der Waals surface area contributed by atoms with Crippen molar-refractivity contribution in [3.8, 4) is 0 Å². The smallest absolute Gasteiger partial charge is 0.136 e. The van der Waals surface area contributed by atoms with Crippen LogP contribution >= 0.6 is 11.8 Å². The maximum absolute atomic E-state index is 13.4. The molecule has 0 N–H and O–H groups in total. The van der Waals surface area contributed by atoms with Crippen molar-refractivity contribution in [2.45, 2.75) is 11.3 Å². The Morgan fingerprint density at radius 1 is 1.16 bits per heavy atom. The highest BCUT2D eigenvalue weighted by atomic mass is 32.2. The number of halogens is 2. The number of piperazine rings is 1. The average molecular weight is 286 g/mol. The fourth-order valence-electron chi connectivity index (χ4n) is 2.13. The molecule has 0 aromatic heterocycles. The van der Waals surface area contributed by atoms with E-state index in [0.29, 0.717) is 4.90 Å². The fourth-order valence-corrected chi connectivity index (χ4v) is 3.02. The van der Waals surface area contributed by atoms with Crippen LogP contribution in [0, 0.1) is 11.6 Å². The highest BCUT2D eigenvalue weighted by Gasteiger charge is 2.13. The van der Waals surface area contributed by atoms with Gasteiger partial charge in [0.1, 0.15) is 11.6 Å². The van der Waals surface area contributed by atoms with Crippen molar-refractivity contribution in [1.29, 1.82) is 0 Å². The fraction of sp³-hybridized carbons (Fsp3) is 0.571. The maximum atomic E-state index is 13.4. The van der Waals surface area contributed by atoms with Crippen molar-refractivity contribution in [3.05, 3.63) is 29.8 Å². The van der Waals surface area contributed by atoms with Gasteiger partial charge in [0.25, 0.3) is 0 Å². The first-order valence-corrected chi connectivity index (χ1v) is 7.62. The summed E-state index contributed by atoms with van der Waals surface area (Å²) in [6.07, 6.45) is 1.00. The summed E-state index contributed by atoms with van der Waals surface area (Å²) in [7, 11) is 2.14. The van der Waals surface area contributed by atoms with E-state index in [1.807, 2.05) is 0 Å². The topological polar surface area (TPSA) is 6.48 Å².